The molecule has 4 rings (SSSR count). The van der Waals surface area contributed by atoms with Crippen LogP contribution < -0.4 is 22.1 Å². The fourth-order valence-electron chi connectivity index (χ4n) is 3.98. The molecule has 0 saturated carbocycles. The number of fused-ring (bicyclic) bond motifs is 1. The molecule has 0 bridgehead atoms. The third-order valence-corrected chi connectivity index (χ3v) is 5.50. The van der Waals surface area contributed by atoms with E-state index >= 15 is 0 Å². The van der Waals surface area contributed by atoms with Crippen LogP contribution >= 0.6 is 0 Å². The Hall–Kier alpha value is -3.92. The Labute approximate surface area is 184 Å². The normalized spacial score (nSPS) is 18.0. The lowest BCUT2D eigenvalue weighted by Crippen LogP contribution is -2.47. The molecule has 3 aromatic rings. The van der Waals surface area contributed by atoms with Crippen LogP contribution in [0.2, 0.25) is 0 Å². The van der Waals surface area contributed by atoms with E-state index in [0.717, 1.165) is 11.3 Å². The lowest BCUT2D eigenvalue weighted by molar-refractivity contribution is -0.124. The lowest BCUT2D eigenvalue weighted by Gasteiger charge is -2.24. The van der Waals surface area contributed by atoms with Gasteiger partial charge in [-0.25, -0.2) is 9.59 Å². The highest BCUT2D eigenvalue weighted by molar-refractivity contribution is 6.05. The molecule has 3 heterocycles. The van der Waals surface area contributed by atoms with Gasteiger partial charge in [0.2, 0.25) is 5.91 Å². The Morgan fingerprint density at radius 2 is 2.00 bits per heavy atom. The van der Waals surface area contributed by atoms with Crippen molar-refractivity contribution >= 4 is 34.6 Å². The third-order valence-electron chi connectivity index (χ3n) is 5.50. The van der Waals surface area contributed by atoms with E-state index in [1.54, 1.807) is 30.5 Å². The Bertz CT molecular complexity index is 1190. The number of nitrogens with two attached hydrogens (primary N) is 2. The van der Waals surface area contributed by atoms with E-state index in [9.17, 15) is 14.4 Å². The van der Waals surface area contributed by atoms with Gasteiger partial charge in [0.15, 0.2) is 0 Å². The second-order valence-electron chi connectivity index (χ2n) is 7.90. The highest BCUT2D eigenvalue weighted by atomic mass is 16.2. The predicted octanol–water partition coefficient (Wildman–Crippen LogP) is 1.52. The Morgan fingerprint density at radius 3 is 2.75 bits per heavy atom. The number of nitrogens with one attached hydrogen (secondary N) is 2. The summed E-state index contributed by atoms with van der Waals surface area (Å²) in [7, 11) is 0. The van der Waals surface area contributed by atoms with E-state index in [4.69, 9.17) is 11.5 Å². The van der Waals surface area contributed by atoms with Crippen molar-refractivity contribution in [3.63, 3.8) is 0 Å². The van der Waals surface area contributed by atoms with Gasteiger partial charge >= 0.3 is 12.1 Å². The molecule has 0 radical (unpaired) electrons. The van der Waals surface area contributed by atoms with Crippen molar-refractivity contribution in [1.82, 2.24) is 19.8 Å². The van der Waals surface area contributed by atoms with Crippen LogP contribution in [0.15, 0.2) is 48.8 Å². The molecular weight excluding hydrogens is 410 g/mol. The summed E-state index contributed by atoms with van der Waals surface area (Å²) in [6.45, 7) is 2.44. The molecule has 1 aliphatic heterocycles. The zero-order valence-electron chi connectivity index (χ0n) is 17.6. The fourth-order valence-corrected chi connectivity index (χ4v) is 3.98. The van der Waals surface area contributed by atoms with Crippen molar-refractivity contribution in [2.75, 3.05) is 11.9 Å². The minimum absolute atomic E-state index is 0.237. The lowest BCUT2D eigenvalue weighted by atomic mass is 10.1. The van der Waals surface area contributed by atoms with Gasteiger partial charge < -0.3 is 27.0 Å². The van der Waals surface area contributed by atoms with E-state index in [1.165, 1.54) is 15.7 Å². The summed E-state index contributed by atoms with van der Waals surface area (Å²) in [5.41, 5.74) is 14.3. The third kappa shape index (κ3) is 4.26. The zero-order chi connectivity index (χ0) is 22.8. The predicted molar refractivity (Wildman–Crippen MR) is 120 cm³/mol. The SMILES string of the molecule is Cc1ccnc(CNC(=O)[C@@H]2C[C@H](N)CN2C(=O)Nc2cn(C(N)=O)c3ccccc23)c1. The maximum absolute atomic E-state index is 13.1. The van der Waals surface area contributed by atoms with Crippen molar-refractivity contribution < 1.29 is 14.4 Å². The molecule has 10 nitrogen and oxygen atoms in total. The van der Waals surface area contributed by atoms with Gasteiger partial charge in [-0.05, 0) is 37.1 Å². The molecule has 1 fully saturated rings. The van der Waals surface area contributed by atoms with Gasteiger partial charge in [-0.1, -0.05) is 18.2 Å². The van der Waals surface area contributed by atoms with Crippen LogP contribution in [0.5, 0.6) is 0 Å². The summed E-state index contributed by atoms with van der Waals surface area (Å²) in [6, 6.07) is 8.69. The molecule has 32 heavy (non-hydrogen) atoms. The molecule has 1 saturated heterocycles. The first-order chi connectivity index (χ1) is 15.3. The minimum Gasteiger partial charge on any atom is -0.351 e. The monoisotopic (exact) mass is 435 g/mol. The van der Waals surface area contributed by atoms with Gasteiger partial charge in [0.05, 0.1) is 23.4 Å². The van der Waals surface area contributed by atoms with Crippen molar-refractivity contribution in [2.45, 2.75) is 32.0 Å². The molecule has 1 aliphatic rings. The molecule has 6 N–H and O–H groups in total. The van der Waals surface area contributed by atoms with Crippen molar-refractivity contribution in [1.29, 1.82) is 0 Å². The largest absolute Gasteiger partial charge is 0.351 e. The number of pyridine rings is 1. The molecule has 1 aromatic carbocycles. The van der Waals surface area contributed by atoms with Crippen molar-refractivity contribution in [2.24, 2.45) is 11.5 Å². The molecule has 0 aliphatic carbocycles. The van der Waals surface area contributed by atoms with Gasteiger partial charge in [0.25, 0.3) is 0 Å². The standard InChI is InChI=1S/C22H25N7O3/c1-13-6-7-25-15(8-13)10-26-20(30)19-9-14(23)11-29(19)22(32)27-17-12-28(21(24)31)18-5-3-2-4-16(17)18/h2-8,12,14,19H,9-11,23H2,1H3,(H2,24,31)(H,26,30)(H,27,32)/t14-,19-/m0/s1. The maximum Gasteiger partial charge on any atom is 0.323 e. The number of hydrogen-bond donors (Lipinski definition) is 4. The fraction of sp³-hybridized carbons (Fsp3) is 0.273. The highest BCUT2D eigenvalue weighted by Crippen LogP contribution is 2.27. The smallest absolute Gasteiger partial charge is 0.323 e. The number of nitrogens with zero attached hydrogens (tertiary/aromatic N) is 3. The second kappa shape index (κ2) is 8.67. The molecular formula is C22H25N7O3. The zero-order valence-corrected chi connectivity index (χ0v) is 17.6. The number of benzene rings is 1. The van der Waals surface area contributed by atoms with Crippen LogP contribution in [0.25, 0.3) is 10.9 Å². The second-order valence-corrected chi connectivity index (χ2v) is 7.90. The number of aryl methyl sites for hydroxylation is 1. The first kappa shape index (κ1) is 21.3. The number of anilines is 1. The first-order valence-electron chi connectivity index (χ1n) is 10.3. The van der Waals surface area contributed by atoms with Crippen LogP contribution in [0.3, 0.4) is 0 Å². The van der Waals surface area contributed by atoms with E-state index in [0.29, 0.717) is 23.0 Å². The van der Waals surface area contributed by atoms with Gasteiger partial charge in [-0.15, -0.1) is 0 Å². The maximum atomic E-state index is 13.1. The number of carbonyl (C=O) groups excluding carboxylic acids is 3. The number of hydrogen-bond acceptors (Lipinski definition) is 5. The average Bonchev–Trinajstić information content (AvgIpc) is 3.33. The summed E-state index contributed by atoms with van der Waals surface area (Å²) in [6.07, 6.45) is 3.51. The molecule has 0 spiro atoms. The van der Waals surface area contributed by atoms with Crippen molar-refractivity contribution in [3.05, 3.63) is 60.0 Å². The van der Waals surface area contributed by atoms with Crippen LogP contribution in [-0.2, 0) is 11.3 Å². The van der Waals surface area contributed by atoms with Crippen LogP contribution in [0.4, 0.5) is 15.3 Å². The molecule has 4 amide bonds. The van der Waals surface area contributed by atoms with E-state index in [2.05, 4.69) is 15.6 Å². The number of primary amides is 1. The number of aromatic nitrogens is 2. The molecule has 166 valence electrons. The summed E-state index contributed by atoms with van der Waals surface area (Å²) in [4.78, 5) is 43.3. The summed E-state index contributed by atoms with van der Waals surface area (Å²) < 4.78 is 1.26. The first-order valence-corrected chi connectivity index (χ1v) is 10.3. The van der Waals surface area contributed by atoms with Crippen LogP contribution in [0, 0.1) is 6.92 Å². The number of para-hydroxylation sites is 1. The topological polar surface area (TPSA) is 148 Å². The summed E-state index contributed by atoms with van der Waals surface area (Å²) in [5.74, 6) is -0.295. The minimum atomic E-state index is -0.709. The molecule has 2 aromatic heterocycles. The van der Waals surface area contributed by atoms with Crippen LogP contribution in [0.1, 0.15) is 17.7 Å². The van der Waals surface area contributed by atoms with Gasteiger partial charge in [0, 0.05) is 30.4 Å². The van der Waals surface area contributed by atoms with E-state index in [-0.39, 0.29) is 25.0 Å². The molecule has 0 unspecified atom stereocenters. The Balaban J connectivity index is 1.49. The van der Waals surface area contributed by atoms with Gasteiger partial charge in [-0.2, -0.15) is 0 Å². The van der Waals surface area contributed by atoms with Crippen LogP contribution in [-0.4, -0.2) is 51.0 Å². The van der Waals surface area contributed by atoms with Crippen molar-refractivity contribution in [3.8, 4) is 0 Å². The highest BCUT2D eigenvalue weighted by Gasteiger charge is 2.38. The number of carbonyl (C=O) groups is 3. The quantitative estimate of drug-likeness (QED) is 0.490. The van der Waals surface area contributed by atoms with Gasteiger partial charge in [-0.3, -0.25) is 14.3 Å². The average molecular weight is 435 g/mol. The number of urea groups is 1. The molecule has 2 atom stereocenters. The number of likely N-dealkylation sites (tertiary alicyclic amines) is 1. The number of rotatable bonds is 4. The Kier molecular flexibility index (Phi) is 5.78. The number of amides is 4. The Morgan fingerprint density at radius 1 is 1.22 bits per heavy atom. The summed E-state index contributed by atoms with van der Waals surface area (Å²) >= 11 is 0. The summed E-state index contributed by atoms with van der Waals surface area (Å²) in [5, 5.41) is 6.30. The van der Waals surface area contributed by atoms with Gasteiger partial charge in [0.1, 0.15) is 6.04 Å². The van der Waals surface area contributed by atoms with E-state index < -0.39 is 18.1 Å². The van der Waals surface area contributed by atoms with E-state index in [1.807, 2.05) is 19.1 Å². The molecule has 10 heteroatoms.